The summed E-state index contributed by atoms with van der Waals surface area (Å²) < 4.78 is 27.1. The molecule has 1 N–H and O–H groups in total. The molecule has 3 rings (SSSR count). The van der Waals surface area contributed by atoms with Gasteiger partial charge in [-0.2, -0.15) is 11.8 Å². The zero-order valence-corrected chi connectivity index (χ0v) is 20.5. The first-order chi connectivity index (χ1) is 15.4. The number of thioether (sulfide) groups is 1. The maximum atomic E-state index is 12.8. The number of hydrogen-bond acceptors (Lipinski definition) is 4. The zero-order valence-electron chi connectivity index (χ0n) is 18.8. The van der Waals surface area contributed by atoms with Gasteiger partial charge in [-0.15, -0.1) is 0 Å². The molecule has 0 aromatic heterocycles. The molecule has 2 aromatic carbocycles. The van der Waals surface area contributed by atoms with E-state index in [9.17, 15) is 13.2 Å². The van der Waals surface area contributed by atoms with Gasteiger partial charge in [-0.25, -0.2) is 12.7 Å². The third-order valence-electron chi connectivity index (χ3n) is 5.76. The van der Waals surface area contributed by atoms with Crippen LogP contribution in [-0.4, -0.2) is 49.8 Å². The first kappa shape index (κ1) is 24.8. The van der Waals surface area contributed by atoms with E-state index in [-0.39, 0.29) is 17.6 Å². The predicted molar refractivity (Wildman–Crippen MR) is 133 cm³/mol. The molecule has 0 aliphatic carbocycles. The lowest BCUT2D eigenvalue weighted by Crippen LogP contribution is -2.46. The highest BCUT2D eigenvalue weighted by Crippen LogP contribution is 2.21. The molecule has 0 radical (unpaired) electrons. The zero-order chi connectivity index (χ0) is 22.8. The normalized spacial score (nSPS) is 17.2. The minimum absolute atomic E-state index is 0.0228. The highest BCUT2D eigenvalue weighted by Gasteiger charge is 2.31. The summed E-state index contributed by atoms with van der Waals surface area (Å²) in [6, 6.07) is 18.4. The van der Waals surface area contributed by atoms with Gasteiger partial charge < -0.3 is 5.32 Å². The molecule has 174 valence electrons. The van der Waals surface area contributed by atoms with Crippen LogP contribution in [0.1, 0.15) is 36.0 Å². The van der Waals surface area contributed by atoms with E-state index in [1.807, 2.05) is 30.3 Å². The number of hydrogen-bond donors (Lipinski definition) is 1. The maximum Gasteiger partial charge on any atom is 0.224 e. The third kappa shape index (κ3) is 7.94. The average molecular weight is 475 g/mol. The van der Waals surface area contributed by atoms with Crippen LogP contribution in [0.25, 0.3) is 0 Å². The number of rotatable bonds is 11. The van der Waals surface area contributed by atoms with Gasteiger partial charge in [0.15, 0.2) is 0 Å². The van der Waals surface area contributed by atoms with Crippen molar-refractivity contribution in [2.24, 2.45) is 5.92 Å². The largest absolute Gasteiger partial charge is 0.355 e. The second-order valence-corrected chi connectivity index (χ2v) is 11.6. The molecule has 0 bridgehead atoms. The summed E-state index contributed by atoms with van der Waals surface area (Å²) in [5.74, 6) is 1.62. The van der Waals surface area contributed by atoms with Crippen LogP contribution in [0.15, 0.2) is 54.6 Å². The van der Waals surface area contributed by atoms with Crippen molar-refractivity contribution in [1.29, 1.82) is 0 Å². The standard InChI is InChI=1S/C25H34N2O3S2/c1-21-8-5-11-23(18-21)20-31-16-14-26-25(28)24-13-6-15-27(19-24)32(29,30)17-7-12-22-9-3-2-4-10-22/h2-5,8-11,18,24H,6-7,12-17,19-20H2,1H3,(H,26,28)/t24-/m1/s1. The van der Waals surface area contributed by atoms with Crippen molar-refractivity contribution in [2.75, 3.05) is 31.1 Å². The number of carbonyl (C=O) groups excluding carboxylic acids is 1. The minimum Gasteiger partial charge on any atom is -0.355 e. The third-order valence-corrected chi connectivity index (χ3v) is 8.71. The number of nitrogens with zero attached hydrogens (tertiary/aromatic N) is 1. The minimum atomic E-state index is -3.33. The van der Waals surface area contributed by atoms with E-state index in [2.05, 4.69) is 36.5 Å². The van der Waals surface area contributed by atoms with Crippen LogP contribution >= 0.6 is 11.8 Å². The van der Waals surface area contributed by atoms with E-state index in [4.69, 9.17) is 0 Å². The van der Waals surface area contributed by atoms with Gasteiger partial charge in [0.25, 0.3) is 0 Å². The van der Waals surface area contributed by atoms with Gasteiger partial charge in [-0.05, 0) is 43.7 Å². The lowest BCUT2D eigenvalue weighted by Gasteiger charge is -2.31. The molecule has 1 heterocycles. The molecule has 7 heteroatoms. The average Bonchev–Trinajstić information content (AvgIpc) is 2.79. The number of benzene rings is 2. The molecule has 0 spiro atoms. The fourth-order valence-electron chi connectivity index (χ4n) is 4.02. The molecule has 0 unspecified atom stereocenters. The van der Waals surface area contributed by atoms with Crippen molar-refractivity contribution >= 4 is 27.7 Å². The second kappa shape index (κ2) is 12.4. The summed E-state index contributed by atoms with van der Waals surface area (Å²) in [5, 5.41) is 3.01. The Morgan fingerprint density at radius 3 is 2.69 bits per heavy atom. The Labute approximate surface area is 197 Å². The van der Waals surface area contributed by atoms with E-state index < -0.39 is 10.0 Å². The Bertz CT molecular complexity index is 964. The number of sulfonamides is 1. The van der Waals surface area contributed by atoms with Crippen molar-refractivity contribution < 1.29 is 13.2 Å². The van der Waals surface area contributed by atoms with Crippen molar-refractivity contribution in [3.63, 3.8) is 0 Å². The number of amides is 1. The van der Waals surface area contributed by atoms with Crippen LogP contribution in [0.2, 0.25) is 0 Å². The van der Waals surface area contributed by atoms with Gasteiger partial charge in [-0.3, -0.25) is 4.79 Å². The number of piperidine rings is 1. The molecule has 1 atom stereocenters. The lowest BCUT2D eigenvalue weighted by atomic mass is 9.99. The number of nitrogens with one attached hydrogen (secondary N) is 1. The molecule has 5 nitrogen and oxygen atoms in total. The van der Waals surface area contributed by atoms with Gasteiger partial charge in [0.2, 0.25) is 15.9 Å². The van der Waals surface area contributed by atoms with Crippen LogP contribution in [0, 0.1) is 12.8 Å². The summed E-state index contributed by atoms with van der Waals surface area (Å²) in [5.41, 5.74) is 3.70. The van der Waals surface area contributed by atoms with Gasteiger partial charge in [0, 0.05) is 31.1 Å². The van der Waals surface area contributed by atoms with Crippen LogP contribution in [0.4, 0.5) is 0 Å². The van der Waals surface area contributed by atoms with Gasteiger partial charge in [0.05, 0.1) is 11.7 Å². The van der Waals surface area contributed by atoms with Gasteiger partial charge >= 0.3 is 0 Å². The maximum absolute atomic E-state index is 12.8. The summed E-state index contributed by atoms with van der Waals surface area (Å²) >= 11 is 1.79. The Hall–Kier alpha value is -1.83. The predicted octanol–water partition coefficient (Wildman–Crippen LogP) is 4.02. The fourth-order valence-corrected chi connectivity index (χ4v) is 6.41. The molecule has 1 saturated heterocycles. The van der Waals surface area contributed by atoms with Crippen LogP contribution < -0.4 is 5.32 Å². The summed E-state index contributed by atoms with van der Waals surface area (Å²) in [6.07, 6.45) is 2.83. The summed E-state index contributed by atoms with van der Waals surface area (Å²) in [7, 11) is -3.33. The molecule has 1 fully saturated rings. The fraction of sp³-hybridized carbons (Fsp3) is 0.480. The molecule has 32 heavy (non-hydrogen) atoms. The Morgan fingerprint density at radius 1 is 1.12 bits per heavy atom. The highest BCUT2D eigenvalue weighted by atomic mass is 32.2. The number of aryl methyl sites for hydroxylation is 2. The second-order valence-electron chi connectivity index (χ2n) is 8.43. The molecular weight excluding hydrogens is 440 g/mol. The summed E-state index contributed by atoms with van der Waals surface area (Å²) in [6.45, 7) is 3.51. The van der Waals surface area contributed by atoms with Crippen molar-refractivity contribution in [3.8, 4) is 0 Å². The van der Waals surface area contributed by atoms with Gasteiger partial charge in [-0.1, -0.05) is 60.2 Å². The smallest absolute Gasteiger partial charge is 0.224 e. The Balaban J connectivity index is 1.37. The Kier molecular flexibility index (Phi) is 9.63. The van der Waals surface area contributed by atoms with Crippen molar-refractivity contribution in [1.82, 2.24) is 9.62 Å². The van der Waals surface area contributed by atoms with Crippen LogP contribution in [0.5, 0.6) is 0 Å². The van der Waals surface area contributed by atoms with Crippen molar-refractivity contribution in [3.05, 3.63) is 71.3 Å². The Morgan fingerprint density at radius 2 is 1.91 bits per heavy atom. The molecule has 0 saturated carbocycles. The molecular formula is C25H34N2O3S2. The van der Waals surface area contributed by atoms with Crippen molar-refractivity contribution in [2.45, 2.75) is 38.4 Å². The lowest BCUT2D eigenvalue weighted by molar-refractivity contribution is -0.125. The highest BCUT2D eigenvalue weighted by molar-refractivity contribution is 7.98. The monoisotopic (exact) mass is 474 g/mol. The molecule has 2 aromatic rings. The summed E-state index contributed by atoms with van der Waals surface area (Å²) in [4.78, 5) is 12.6. The first-order valence-electron chi connectivity index (χ1n) is 11.4. The molecule has 1 amide bonds. The van der Waals surface area contributed by atoms with E-state index >= 15 is 0 Å². The van der Waals surface area contributed by atoms with Crippen LogP contribution in [-0.2, 0) is 27.0 Å². The van der Waals surface area contributed by atoms with Crippen LogP contribution in [0.3, 0.4) is 0 Å². The van der Waals surface area contributed by atoms with E-state index in [0.29, 0.717) is 26.1 Å². The van der Waals surface area contributed by atoms with E-state index in [0.717, 1.165) is 36.3 Å². The quantitative estimate of drug-likeness (QED) is 0.500. The number of carbonyl (C=O) groups is 1. The van der Waals surface area contributed by atoms with E-state index in [1.54, 1.807) is 11.8 Å². The topological polar surface area (TPSA) is 66.5 Å². The molecule has 1 aliphatic rings. The SMILES string of the molecule is Cc1cccc(CSCCNC(=O)[C@@H]2CCCN(S(=O)(=O)CCCc3ccccc3)C2)c1. The first-order valence-corrected chi connectivity index (χ1v) is 14.1. The van der Waals surface area contributed by atoms with Gasteiger partial charge in [0.1, 0.15) is 0 Å². The van der Waals surface area contributed by atoms with E-state index in [1.165, 1.54) is 15.4 Å². The molecule has 1 aliphatic heterocycles.